The van der Waals surface area contributed by atoms with Crippen molar-refractivity contribution < 1.29 is 4.79 Å². The fourth-order valence-electron chi connectivity index (χ4n) is 4.32. The van der Waals surface area contributed by atoms with Crippen LogP contribution in [0.2, 0.25) is 0 Å². The van der Waals surface area contributed by atoms with E-state index < -0.39 is 0 Å². The Balaban J connectivity index is 1.56. The summed E-state index contributed by atoms with van der Waals surface area (Å²) in [5.74, 6) is 0.259. The van der Waals surface area contributed by atoms with Crippen LogP contribution in [0, 0.1) is 0 Å². The van der Waals surface area contributed by atoms with Gasteiger partial charge in [-0.3, -0.25) is 14.2 Å². The van der Waals surface area contributed by atoms with Gasteiger partial charge < -0.3 is 0 Å². The Morgan fingerprint density at radius 3 is 2.67 bits per heavy atom. The van der Waals surface area contributed by atoms with Gasteiger partial charge in [0.25, 0.3) is 0 Å². The van der Waals surface area contributed by atoms with Crippen LogP contribution in [0.3, 0.4) is 0 Å². The Labute approximate surface area is 174 Å². The van der Waals surface area contributed by atoms with E-state index in [0.29, 0.717) is 12.5 Å². The fourth-order valence-corrected chi connectivity index (χ4v) is 4.32. The molecule has 0 unspecified atom stereocenters. The van der Waals surface area contributed by atoms with Crippen molar-refractivity contribution in [1.29, 1.82) is 0 Å². The molecule has 5 rings (SSSR count). The highest BCUT2D eigenvalue weighted by atomic mass is 16.1. The summed E-state index contributed by atoms with van der Waals surface area (Å²) in [6, 6.07) is 2.19. The molecule has 0 radical (unpaired) electrons. The van der Waals surface area contributed by atoms with Crippen molar-refractivity contribution in [3.8, 4) is 22.5 Å². The molecule has 30 heavy (non-hydrogen) atoms. The average molecular weight is 403 g/mol. The van der Waals surface area contributed by atoms with Gasteiger partial charge in [0, 0.05) is 29.9 Å². The highest BCUT2D eigenvalue weighted by Gasteiger charge is 2.27. The Bertz CT molecular complexity index is 1200. The van der Waals surface area contributed by atoms with Gasteiger partial charge in [0.1, 0.15) is 6.04 Å². The van der Waals surface area contributed by atoms with Crippen LogP contribution in [0.25, 0.3) is 28.0 Å². The van der Waals surface area contributed by atoms with Crippen LogP contribution >= 0.6 is 0 Å². The molecule has 154 valence electrons. The van der Waals surface area contributed by atoms with Gasteiger partial charge in [0.05, 0.1) is 47.7 Å². The predicted molar refractivity (Wildman–Crippen MR) is 113 cm³/mol. The third-order valence-electron chi connectivity index (χ3n) is 6.07. The molecule has 4 heterocycles. The smallest absolute Gasteiger partial charge is 0.157 e. The number of carbonyl (C=O) groups excluding carboxylic acids is 1. The van der Waals surface area contributed by atoms with Crippen LogP contribution < -0.4 is 0 Å². The number of carbonyl (C=O) groups is 1. The molecule has 1 aliphatic carbocycles. The molecule has 4 aromatic heterocycles. The van der Waals surface area contributed by atoms with Crippen LogP contribution in [0.5, 0.6) is 0 Å². The molecule has 0 N–H and O–H groups in total. The van der Waals surface area contributed by atoms with E-state index in [9.17, 15) is 4.79 Å². The second-order valence-corrected chi connectivity index (χ2v) is 7.90. The Hall–Kier alpha value is -3.29. The molecule has 8 nitrogen and oxygen atoms in total. The molecule has 1 aliphatic rings. The quantitative estimate of drug-likeness (QED) is 0.484. The van der Waals surface area contributed by atoms with Gasteiger partial charge in [-0.2, -0.15) is 15.3 Å². The van der Waals surface area contributed by atoms with Crippen molar-refractivity contribution in [3.05, 3.63) is 43.2 Å². The number of rotatable bonds is 6. The van der Waals surface area contributed by atoms with Gasteiger partial charge in [-0.25, -0.2) is 9.50 Å². The molecule has 0 aromatic carbocycles. The Morgan fingerprint density at radius 1 is 1.07 bits per heavy atom. The number of fused-ring (bicyclic) bond motifs is 1. The maximum Gasteiger partial charge on any atom is 0.157 e. The van der Waals surface area contributed by atoms with Crippen molar-refractivity contribution in [2.75, 3.05) is 0 Å². The van der Waals surface area contributed by atoms with Gasteiger partial charge in [0.2, 0.25) is 0 Å². The molecular weight excluding hydrogens is 378 g/mol. The van der Waals surface area contributed by atoms with E-state index in [-0.39, 0.29) is 11.8 Å². The molecule has 8 heteroatoms. The summed E-state index contributed by atoms with van der Waals surface area (Å²) in [5.41, 5.74) is 4.38. The lowest BCUT2D eigenvalue weighted by atomic mass is 10.1. The third kappa shape index (κ3) is 3.12. The fraction of sp³-hybridized carbons (Fsp3) is 0.409. The number of nitrogens with zero attached hydrogens (tertiary/aromatic N) is 7. The van der Waals surface area contributed by atoms with Gasteiger partial charge in [-0.1, -0.05) is 13.8 Å². The first-order valence-corrected chi connectivity index (χ1v) is 10.6. The second kappa shape index (κ2) is 7.51. The number of ketones is 1. The maximum atomic E-state index is 12.1. The van der Waals surface area contributed by atoms with E-state index >= 15 is 0 Å². The molecule has 4 aromatic rings. The van der Waals surface area contributed by atoms with Crippen molar-refractivity contribution in [3.63, 3.8) is 0 Å². The molecule has 0 saturated heterocycles. The summed E-state index contributed by atoms with van der Waals surface area (Å²) in [6.45, 7) is 4.35. The largest absolute Gasteiger partial charge is 0.297 e. The predicted octanol–water partition coefficient (Wildman–Crippen LogP) is 4.11. The monoisotopic (exact) mass is 403 g/mol. The van der Waals surface area contributed by atoms with Crippen molar-refractivity contribution in [2.45, 2.75) is 58.0 Å². The zero-order chi connectivity index (χ0) is 20.7. The summed E-state index contributed by atoms with van der Waals surface area (Å²) in [6.07, 6.45) is 15.8. The highest BCUT2D eigenvalue weighted by Crippen LogP contribution is 2.30. The Kier molecular flexibility index (Phi) is 4.69. The molecule has 0 spiro atoms. The van der Waals surface area contributed by atoms with Crippen LogP contribution in [0.1, 0.15) is 58.0 Å². The minimum absolute atomic E-state index is 0.148. The summed E-state index contributed by atoms with van der Waals surface area (Å²) in [4.78, 5) is 17.1. The number of Topliss-reactive ketones (excluding diaryl/α,β-unsaturated/α-hetero) is 1. The van der Waals surface area contributed by atoms with Crippen molar-refractivity contribution in [1.82, 2.24) is 34.2 Å². The van der Waals surface area contributed by atoms with Gasteiger partial charge in [-0.15, -0.1) is 0 Å². The van der Waals surface area contributed by atoms with Crippen LogP contribution in [-0.2, 0) is 4.79 Å². The second-order valence-electron chi connectivity index (χ2n) is 7.90. The van der Waals surface area contributed by atoms with Gasteiger partial charge in [-0.05, 0) is 31.7 Å². The van der Waals surface area contributed by atoms with E-state index in [1.54, 1.807) is 17.1 Å². The van der Waals surface area contributed by atoms with E-state index in [2.05, 4.69) is 35.3 Å². The molecule has 0 amide bonds. The minimum Gasteiger partial charge on any atom is -0.297 e. The molecule has 0 aliphatic heterocycles. The molecule has 1 saturated carbocycles. The van der Waals surface area contributed by atoms with E-state index in [1.807, 2.05) is 33.9 Å². The minimum atomic E-state index is -0.148. The van der Waals surface area contributed by atoms with E-state index in [4.69, 9.17) is 4.98 Å². The standard InChI is InChI=1S/C22H25N7O/c1-3-17(4-2)27-13-16(11-24-27)22-20-8-9-23-29(20)14-18(26-22)15-10-25-28(12-15)19-6-5-7-21(19)30/h8-14,17,19H,3-7H2,1-2H3/t19-/m1/s1. The van der Waals surface area contributed by atoms with E-state index in [0.717, 1.165) is 53.7 Å². The lowest BCUT2D eigenvalue weighted by molar-refractivity contribution is -0.120. The molecule has 0 bridgehead atoms. The summed E-state index contributed by atoms with van der Waals surface area (Å²) >= 11 is 0. The summed E-state index contributed by atoms with van der Waals surface area (Å²) in [7, 11) is 0. The lowest BCUT2D eigenvalue weighted by Gasteiger charge is -2.12. The first-order valence-electron chi connectivity index (χ1n) is 10.6. The summed E-state index contributed by atoms with van der Waals surface area (Å²) in [5, 5.41) is 13.5. The molecular formula is C22H25N7O. The number of hydrogen-bond acceptors (Lipinski definition) is 5. The SMILES string of the molecule is CCC(CC)n1cc(-c2nc(-c3cnn([C@@H]4CCCC4=O)c3)cn3nccc23)cn1. The topological polar surface area (TPSA) is 82.9 Å². The first kappa shape index (κ1) is 18.7. The van der Waals surface area contributed by atoms with Gasteiger partial charge >= 0.3 is 0 Å². The number of hydrogen-bond donors (Lipinski definition) is 0. The Morgan fingerprint density at radius 2 is 1.90 bits per heavy atom. The van der Waals surface area contributed by atoms with E-state index in [1.165, 1.54) is 0 Å². The lowest BCUT2D eigenvalue weighted by Crippen LogP contribution is -2.13. The normalized spacial score (nSPS) is 16.9. The van der Waals surface area contributed by atoms with Crippen LogP contribution in [0.4, 0.5) is 0 Å². The van der Waals surface area contributed by atoms with Crippen LogP contribution in [-0.4, -0.2) is 39.9 Å². The van der Waals surface area contributed by atoms with Crippen LogP contribution in [0.15, 0.2) is 43.2 Å². The third-order valence-corrected chi connectivity index (χ3v) is 6.07. The average Bonchev–Trinajstić information content (AvgIpc) is 3.54. The zero-order valence-electron chi connectivity index (χ0n) is 17.3. The van der Waals surface area contributed by atoms with Crippen molar-refractivity contribution >= 4 is 11.3 Å². The number of aromatic nitrogens is 7. The maximum absolute atomic E-state index is 12.1. The summed E-state index contributed by atoms with van der Waals surface area (Å²) < 4.78 is 5.65. The van der Waals surface area contributed by atoms with Gasteiger partial charge in [0.15, 0.2) is 5.78 Å². The molecule has 1 atom stereocenters. The van der Waals surface area contributed by atoms with Crippen molar-refractivity contribution in [2.24, 2.45) is 0 Å². The first-order chi connectivity index (χ1) is 14.7. The molecule has 1 fully saturated rings. The zero-order valence-corrected chi connectivity index (χ0v) is 17.3. The highest BCUT2D eigenvalue weighted by molar-refractivity contribution is 5.84.